The van der Waals surface area contributed by atoms with Gasteiger partial charge < -0.3 is 9.52 Å². The quantitative estimate of drug-likeness (QED) is 0.897. The molecule has 0 spiro atoms. The summed E-state index contributed by atoms with van der Waals surface area (Å²) in [7, 11) is 0. The van der Waals surface area contributed by atoms with Gasteiger partial charge in [0.1, 0.15) is 11.7 Å². The number of benzene rings is 1. The van der Waals surface area contributed by atoms with Gasteiger partial charge in [-0.2, -0.15) is 0 Å². The normalized spacial score (nSPS) is 12.3. The zero-order valence-electron chi connectivity index (χ0n) is 9.63. The summed E-state index contributed by atoms with van der Waals surface area (Å²) in [6.45, 7) is 1.47. The summed E-state index contributed by atoms with van der Waals surface area (Å²) >= 11 is 0. The molecule has 18 heavy (non-hydrogen) atoms. The summed E-state index contributed by atoms with van der Waals surface area (Å²) in [5, 5.41) is 16.2. The van der Waals surface area contributed by atoms with Crippen molar-refractivity contribution >= 4 is 5.97 Å². The number of aromatic nitrogens is 2. The Hall–Kier alpha value is -2.24. The van der Waals surface area contributed by atoms with E-state index >= 15 is 0 Å². The molecule has 0 saturated heterocycles. The number of carbonyl (C=O) groups is 1. The van der Waals surface area contributed by atoms with Crippen LogP contribution >= 0.6 is 0 Å². The fourth-order valence-corrected chi connectivity index (χ4v) is 1.40. The summed E-state index contributed by atoms with van der Waals surface area (Å²) < 4.78 is 18.0. The van der Waals surface area contributed by atoms with Crippen LogP contribution in [-0.2, 0) is 11.2 Å². The molecule has 0 aliphatic heterocycles. The molecule has 1 unspecified atom stereocenters. The average Bonchev–Trinajstić information content (AvgIpc) is 2.79. The van der Waals surface area contributed by atoms with E-state index in [1.807, 2.05) is 0 Å². The van der Waals surface area contributed by atoms with Crippen LogP contribution in [0, 0.1) is 5.82 Å². The van der Waals surface area contributed by atoms with Crippen LogP contribution in [0.1, 0.15) is 30.2 Å². The van der Waals surface area contributed by atoms with E-state index in [0.29, 0.717) is 12.3 Å². The highest BCUT2D eigenvalue weighted by Crippen LogP contribution is 2.15. The standard InChI is InChI=1S/C12H11FN2O3/c1-7(12(16)17)11-15-14-10(18-11)6-8-2-4-9(13)5-3-8/h2-5,7H,6H2,1H3,(H,16,17). The third kappa shape index (κ3) is 2.71. The summed E-state index contributed by atoms with van der Waals surface area (Å²) in [5.74, 6) is -1.79. The summed E-state index contributed by atoms with van der Waals surface area (Å²) in [6.07, 6.45) is 0.347. The van der Waals surface area contributed by atoms with E-state index < -0.39 is 11.9 Å². The molecule has 6 heteroatoms. The van der Waals surface area contributed by atoms with Gasteiger partial charge in [-0.25, -0.2) is 4.39 Å². The van der Waals surface area contributed by atoms with Crippen LogP contribution in [0.25, 0.3) is 0 Å². The molecular formula is C12H11FN2O3. The van der Waals surface area contributed by atoms with Gasteiger partial charge in [0, 0.05) is 0 Å². The van der Waals surface area contributed by atoms with Crippen LogP contribution in [0.4, 0.5) is 4.39 Å². The van der Waals surface area contributed by atoms with Gasteiger partial charge in [0.05, 0.1) is 6.42 Å². The third-order valence-electron chi connectivity index (χ3n) is 2.49. The van der Waals surface area contributed by atoms with Gasteiger partial charge in [-0.1, -0.05) is 12.1 Å². The molecule has 0 bridgehead atoms. The van der Waals surface area contributed by atoms with Crippen LogP contribution in [0.3, 0.4) is 0 Å². The number of hydrogen-bond acceptors (Lipinski definition) is 4. The van der Waals surface area contributed by atoms with E-state index in [1.165, 1.54) is 19.1 Å². The smallest absolute Gasteiger partial charge is 0.315 e. The van der Waals surface area contributed by atoms with E-state index in [2.05, 4.69) is 10.2 Å². The lowest BCUT2D eigenvalue weighted by Crippen LogP contribution is -2.07. The molecule has 0 fully saturated rings. The monoisotopic (exact) mass is 250 g/mol. The average molecular weight is 250 g/mol. The van der Waals surface area contributed by atoms with Crippen LogP contribution in [0.2, 0.25) is 0 Å². The number of nitrogens with zero attached hydrogens (tertiary/aromatic N) is 2. The van der Waals surface area contributed by atoms with Gasteiger partial charge in [-0.3, -0.25) is 4.79 Å². The minimum Gasteiger partial charge on any atom is -0.481 e. The first-order valence-electron chi connectivity index (χ1n) is 5.36. The highest BCUT2D eigenvalue weighted by molar-refractivity contribution is 5.73. The van der Waals surface area contributed by atoms with Gasteiger partial charge in [0.15, 0.2) is 0 Å². The number of aliphatic carboxylic acids is 1. The topological polar surface area (TPSA) is 76.2 Å². The maximum absolute atomic E-state index is 12.7. The lowest BCUT2D eigenvalue weighted by molar-refractivity contribution is -0.138. The molecule has 0 aliphatic carbocycles. The van der Waals surface area contributed by atoms with E-state index in [1.54, 1.807) is 12.1 Å². The summed E-state index contributed by atoms with van der Waals surface area (Å²) in [5.41, 5.74) is 0.814. The molecule has 0 amide bonds. The SMILES string of the molecule is CC(C(=O)O)c1nnc(Cc2ccc(F)cc2)o1. The van der Waals surface area contributed by atoms with Crippen molar-refractivity contribution in [1.29, 1.82) is 0 Å². The van der Waals surface area contributed by atoms with Crippen molar-refractivity contribution in [2.75, 3.05) is 0 Å². The Balaban J connectivity index is 2.11. The van der Waals surface area contributed by atoms with Gasteiger partial charge in [-0.15, -0.1) is 10.2 Å². The molecule has 0 saturated carbocycles. The van der Waals surface area contributed by atoms with Crippen LogP contribution in [0.5, 0.6) is 0 Å². The summed E-state index contributed by atoms with van der Waals surface area (Å²) in [6, 6.07) is 5.90. The number of hydrogen-bond donors (Lipinski definition) is 1. The second-order valence-electron chi connectivity index (χ2n) is 3.90. The van der Waals surface area contributed by atoms with Crippen LogP contribution < -0.4 is 0 Å². The van der Waals surface area contributed by atoms with Crippen molar-refractivity contribution in [1.82, 2.24) is 10.2 Å². The molecule has 1 N–H and O–H groups in total. The highest BCUT2D eigenvalue weighted by atomic mass is 19.1. The molecule has 0 radical (unpaired) electrons. The largest absolute Gasteiger partial charge is 0.481 e. The predicted octanol–water partition coefficient (Wildman–Crippen LogP) is 1.99. The molecule has 5 nitrogen and oxygen atoms in total. The molecule has 94 valence electrons. The highest BCUT2D eigenvalue weighted by Gasteiger charge is 2.20. The van der Waals surface area contributed by atoms with Crippen molar-refractivity contribution < 1.29 is 18.7 Å². The zero-order valence-corrected chi connectivity index (χ0v) is 9.63. The lowest BCUT2D eigenvalue weighted by Gasteiger charge is -1.98. The second kappa shape index (κ2) is 4.95. The number of rotatable bonds is 4. The Kier molecular flexibility index (Phi) is 3.36. The summed E-state index contributed by atoms with van der Waals surface area (Å²) in [4.78, 5) is 10.7. The van der Waals surface area contributed by atoms with Gasteiger partial charge in [0.25, 0.3) is 0 Å². The zero-order chi connectivity index (χ0) is 13.1. The Morgan fingerprint density at radius 1 is 1.39 bits per heavy atom. The predicted molar refractivity (Wildman–Crippen MR) is 59.6 cm³/mol. The second-order valence-corrected chi connectivity index (χ2v) is 3.90. The van der Waals surface area contributed by atoms with Gasteiger partial charge >= 0.3 is 5.97 Å². The fraction of sp³-hybridized carbons (Fsp3) is 0.250. The maximum atomic E-state index is 12.7. The van der Waals surface area contributed by atoms with Crippen molar-refractivity contribution in [3.63, 3.8) is 0 Å². The Morgan fingerprint density at radius 2 is 2.06 bits per heavy atom. The number of carboxylic acid groups (broad SMARTS) is 1. The first kappa shape index (κ1) is 12.2. The Labute approximate surface area is 102 Å². The molecule has 2 aromatic rings. The van der Waals surface area contributed by atoms with Crippen molar-refractivity contribution in [2.24, 2.45) is 0 Å². The van der Waals surface area contributed by atoms with Crippen LogP contribution in [-0.4, -0.2) is 21.3 Å². The van der Waals surface area contributed by atoms with Crippen molar-refractivity contribution in [2.45, 2.75) is 19.3 Å². The molecule has 1 atom stereocenters. The molecule has 1 aromatic carbocycles. The number of carboxylic acids is 1. The number of halogens is 1. The van der Waals surface area contributed by atoms with E-state index in [0.717, 1.165) is 5.56 Å². The Morgan fingerprint density at radius 3 is 2.67 bits per heavy atom. The lowest BCUT2D eigenvalue weighted by atomic mass is 10.1. The molecule has 1 aromatic heterocycles. The van der Waals surface area contributed by atoms with E-state index in [-0.39, 0.29) is 11.7 Å². The molecular weight excluding hydrogens is 239 g/mol. The van der Waals surface area contributed by atoms with Crippen LogP contribution in [0.15, 0.2) is 28.7 Å². The molecule has 1 heterocycles. The Bertz CT molecular complexity index is 551. The van der Waals surface area contributed by atoms with Crippen molar-refractivity contribution in [3.8, 4) is 0 Å². The van der Waals surface area contributed by atoms with Gasteiger partial charge in [0.2, 0.25) is 11.8 Å². The van der Waals surface area contributed by atoms with E-state index in [9.17, 15) is 9.18 Å². The minimum absolute atomic E-state index is 0.0691. The third-order valence-corrected chi connectivity index (χ3v) is 2.49. The molecule has 2 rings (SSSR count). The minimum atomic E-state index is -1.02. The first-order valence-corrected chi connectivity index (χ1v) is 5.36. The fourth-order valence-electron chi connectivity index (χ4n) is 1.40. The molecule has 0 aliphatic rings. The van der Waals surface area contributed by atoms with E-state index in [4.69, 9.17) is 9.52 Å². The first-order chi connectivity index (χ1) is 8.56. The maximum Gasteiger partial charge on any atom is 0.315 e. The van der Waals surface area contributed by atoms with Gasteiger partial charge in [-0.05, 0) is 24.6 Å². The van der Waals surface area contributed by atoms with Crippen molar-refractivity contribution in [3.05, 3.63) is 47.4 Å².